The first-order chi connectivity index (χ1) is 12.5. The van der Waals surface area contributed by atoms with Gasteiger partial charge in [-0.05, 0) is 23.3 Å². The van der Waals surface area contributed by atoms with Crippen LogP contribution in [0.1, 0.15) is 10.4 Å². The Morgan fingerprint density at radius 3 is 2.12 bits per heavy atom. The number of hydrogen-bond donors (Lipinski definition) is 3. The van der Waals surface area contributed by atoms with Gasteiger partial charge < -0.3 is 15.8 Å². The Labute approximate surface area is 149 Å². The number of hydrogen-bond acceptors (Lipinski definition) is 5. The monoisotopic (exact) mass is 355 g/mol. The quantitative estimate of drug-likeness (QED) is 0.661. The second-order valence-electron chi connectivity index (χ2n) is 5.20. The fraction of sp³-hybridized carbons (Fsp3) is 0.111. The predicted molar refractivity (Wildman–Crippen MR) is 92.9 cm³/mol. The fourth-order valence-electron chi connectivity index (χ4n) is 2.07. The van der Waals surface area contributed by atoms with E-state index in [0.717, 1.165) is 11.1 Å². The van der Waals surface area contributed by atoms with E-state index in [2.05, 4.69) is 10.1 Å². The maximum atomic E-state index is 12.0. The van der Waals surface area contributed by atoms with E-state index < -0.39 is 37.0 Å². The first kappa shape index (κ1) is 18.7. The van der Waals surface area contributed by atoms with Crippen LogP contribution in [0, 0.1) is 0 Å². The first-order valence-electron chi connectivity index (χ1n) is 7.64. The van der Waals surface area contributed by atoms with Gasteiger partial charge in [-0.2, -0.15) is 0 Å². The van der Waals surface area contributed by atoms with Crippen molar-refractivity contribution in [3.63, 3.8) is 0 Å². The summed E-state index contributed by atoms with van der Waals surface area (Å²) in [4.78, 5) is 45.0. The molecule has 0 aliphatic rings. The summed E-state index contributed by atoms with van der Waals surface area (Å²) in [6, 6.07) is 15.5. The molecule has 0 atom stereocenters. The van der Waals surface area contributed by atoms with Crippen molar-refractivity contribution in [2.24, 2.45) is 5.73 Å². The van der Waals surface area contributed by atoms with Crippen molar-refractivity contribution in [1.82, 2.24) is 10.6 Å². The van der Waals surface area contributed by atoms with E-state index in [4.69, 9.17) is 5.73 Å². The normalized spacial score (nSPS) is 9.85. The van der Waals surface area contributed by atoms with Gasteiger partial charge in [0, 0.05) is 5.56 Å². The van der Waals surface area contributed by atoms with Gasteiger partial charge in [0.15, 0.2) is 6.61 Å². The van der Waals surface area contributed by atoms with Crippen LogP contribution in [0.3, 0.4) is 0 Å². The number of benzene rings is 2. The number of rotatable bonds is 6. The average Bonchev–Trinajstić information content (AvgIpc) is 2.64. The molecule has 2 aromatic carbocycles. The number of nitrogens with one attached hydrogen (secondary N) is 2. The summed E-state index contributed by atoms with van der Waals surface area (Å²) in [6.45, 7) is -1.08. The van der Waals surface area contributed by atoms with Gasteiger partial charge in [-0.3, -0.25) is 19.7 Å². The van der Waals surface area contributed by atoms with Crippen LogP contribution in [0.25, 0.3) is 11.1 Å². The molecule has 134 valence electrons. The molecule has 0 aromatic heterocycles. The molecule has 2 rings (SSSR count). The number of primary amides is 1. The Morgan fingerprint density at radius 1 is 0.885 bits per heavy atom. The second-order valence-corrected chi connectivity index (χ2v) is 5.20. The topological polar surface area (TPSA) is 128 Å². The zero-order valence-corrected chi connectivity index (χ0v) is 13.7. The Balaban J connectivity index is 1.81. The third-order valence-corrected chi connectivity index (χ3v) is 3.27. The van der Waals surface area contributed by atoms with Crippen LogP contribution in [-0.4, -0.2) is 37.0 Å². The number of imide groups is 1. The Morgan fingerprint density at radius 2 is 1.50 bits per heavy atom. The number of nitrogens with two attached hydrogens (primary N) is 1. The molecule has 0 fully saturated rings. The summed E-state index contributed by atoms with van der Waals surface area (Å²) < 4.78 is 4.59. The molecule has 0 aliphatic heterocycles. The van der Waals surface area contributed by atoms with Gasteiger partial charge in [0.25, 0.3) is 11.8 Å². The summed E-state index contributed by atoms with van der Waals surface area (Å²) in [5, 5.41) is 4.13. The molecule has 0 heterocycles. The third-order valence-electron chi connectivity index (χ3n) is 3.27. The highest BCUT2D eigenvalue weighted by molar-refractivity contribution is 5.97. The molecule has 4 N–H and O–H groups in total. The highest BCUT2D eigenvalue weighted by atomic mass is 16.5. The van der Waals surface area contributed by atoms with Crippen molar-refractivity contribution < 1.29 is 23.9 Å². The number of amides is 4. The lowest BCUT2D eigenvalue weighted by Crippen LogP contribution is -2.39. The van der Waals surface area contributed by atoms with Gasteiger partial charge in [0.2, 0.25) is 0 Å². The number of carbonyl (C=O) groups is 4. The number of esters is 1. The van der Waals surface area contributed by atoms with Crippen LogP contribution >= 0.6 is 0 Å². The van der Waals surface area contributed by atoms with E-state index in [1.54, 1.807) is 29.6 Å². The molecular weight excluding hydrogens is 338 g/mol. The highest BCUT2D eigenvalue weighted by Crippen LogP contribution is 2.19. The van der Waals surface area contributed by atoms with Gasteiger partial charge in [0.05, 0.1) is 0 Å². The number of carbonyl (C=O) groups excluding carboxylic acids is 4. The van der Waals surface area contributed by atoms with Crippen molar-refractivity contribution in [3.05, 3.63) is 60.2 Å². The van der Waals surface area contributed by atoms with E-state index in [9.17, 15) is 19.2 Å². The molecule has 4 amide bonds. The molecule has 8 nitrogen and oxygen atoms in total. The highest BCUT2D eigenvalue weighted by Gasteiger charge is 2.11. The SMILES string of the molecule is NC(=O)NC(=O)COC(=O)CNC(=O)c1ccc(-c2ccccc2)cc1. The standard InChI is InChI=1S/C18H17N3O5/c19-18(25)21-15(22)11-26-16(23)10-20-17(24)14-8-6-13(7-9-14)12-4-2-1-3-5-12/h1-9H,10-11H2,(H,20,24)(H3,19,21,22,25). The van der Waals surface area contributed by atoms with E-state index in [1.165, 1.54) is 0 Å². The maximum Gasteiger partial charge on any atom is 0.325 e. The molecule has 8 heteroatoms. The van der Waals surface area contributed by atoms with Crippen molar-refractivity contribution in [2.45, 2.75) is 0 Å². The molecule has 0 spiro atoms. The summed E-state index contributed by atoms with van der Waals surface area (Å²) in [5.74, 6) is -2.13. The second kappa shape index (κ2) is 8.97. The molecule has 26 heavy (non-hydrogen) atoms. The molecule has 0 saturated heterocycles. The van der Waals surface area contributed by atoms with Crippen LogP contribution in [0.2, 0.25) is 0 Å². The molecular formula is C18H17N3O5. The van der Waals surface area contributed by atoms with E-state index in [1.807, 2.05) is 30.3 Å². The van der Waals surface area contributed by atoms with E-state index in [-0.39, 0.29) is 0 Å². The Hall–Kier alpha value is -3.68. The zero-order valence-electron chi connectivity index (χ0n) is 13.7. The van der Waals surface area contributed by atoms with Crippen molar-refractivity contribution >= 4 is 23.8 Å². The van der Waals surface area contributed by atoms with Crippen LogP contribution in [0.5, 0.6) is 0 Å². The molecule has 0 radical (unpaired) electrons. The summed E-state index contributed by atoms with van der Waals surface area (Å²) in [6.07, 6.45) is 0. The van der Waals surface area contributed by atoms with Crippen LogP contribution < -0.4 is 16.4 Å². The predicted octanol–water partition coefficient (Wildman–Crippen LogP) is 0.822. The lowest BCUT2D eigenvalue weighted by molar-refractivity contribution is -0.147. The van der Waals surface area contributed by atoms with E-state index >= 15 is 0 Å². The first-order valence-corrected chi connectivity index (χ1v) is 7.64. The minimum Gasteiger partial charge on any atom is -0.454 e. The van der Waals surface area contributed by atoms with Gasteiger partial charge in [-0.25, -0.2) is 4.79 Å². The Bertz CT molecular complexity index is 803. The van der Waals surface area contributed by atoms with Crippen molar-refractivity contribution in [3.8, 4) is 11.1 Å². The van der Waals surface area contributed by atoms with Crippen molar-refractivity contribution in [2.75, 3.05) is 13.2 Å². The van der Waals surface area contributed by atoms with Crippen LogP contribution in [0.15, 0.2) is 54.6 Å². The van der Waals surface area contributed by atoms with E-state index in [0.29, 0.717) is 5.56 Å². The van der Waals surface area contributed by atoms with Gasteiger partial charge in [0.1, 0.15) is 6.54 Å². The smallest absolute Gasteiger partial charge is 0.325 e. The van der Waals surface area contributed by atoms with Crippen LogP contribution in [-0.2, 0) is 14.3 Å². The number of ether oxygens (including phenoxy) is 1. The summed E-state index contributed by atoms with van der Waals surface area (Å²) >= 11 is 0. The minimum atomic E-state index is -1.04. The fourth-order valence-corrected chi connectivity index (χ4v) is 2.07. The van der Waals surface area contributed by atoms with Crippen LogP contribution in [0.4, 0.5) is 4.79 Å². The van der Waals surface area contributed by atoms with Gasteiger partial charge >= 0.3 is 12.0 Å². The molecule has 0 bridgehead atoms. The van der Waals surface area contributed by atoms with Crippen molar-refractivity contribution in [1.29, 1.82) is 0 Å². The minimum absolute atomic E-state index is 0.379. The number of urea groups is 1. The van der Waals surface area contributed by atoms with Gasteiger partial charge in [-0.1, -0.05) is 42.5 Å². The van der Waals surface area contributed by atoms with Gasteiger partial charge in [-0.15, -0.1) is 0 Å². The molecule has 0 aliphatic carbocycles. The molecule has 0 saturated carbocycles. The Kier molecular flexibility index (Phi) is 6.44. The average molecular weight is 355 g/mol. The maximum absolute atomic E-state index is 12.0. The summed E-state index contributed by atoms with van der Waals surface area (Å²) in [7, 11) is 0. The molecule has 0 unspecified atom stereocenters. The third kappa shape index (κ3) is 5.75. The lowest BCUT2D eigenvalue weighted by atomic mass is 10.0. The largest absolute Gasteiger partial charge is 0.454 e. The summed E-state index contributed by atoms with van der Waals surface area (Å²) in [5.41, 5.74) is 7.11. The lowest BCUT2D eigenvalue weighted by Gasteiger charge is -2.07. The molecule has 2 aromatic rings. The zero-order chi connectivity index (χ0) is 18.9.